The number of ether oxygens (including phenoxy) is 3. The van der Waals surface area contributed by atoms with E-state index in [9.17, 15) is 14.4 Å². The van der Waals surface area contributed by atoms with Gasteiger partial charge in [0.15, 0.2) is 0 Å². The average Bonchev–Trinajstić information content (AvgIpc) is 2.35. The quantitative estimate of drug-likeness (QED) is 0.392. The van der Waals surface area contributed by atoms with Crippen molar-refractivity contribution in [3.05, 3.63) is 24.8 Å². The van der Waals surface area contributed by atoms with Crippen molar-refractivity contribution in [2.24, 2.45) is 0 Å². The molecule has 0 aromatic carbocycles. The monoisotopic (exact) mass is 270 g/mol. The molecule has 19 heavy (non-hydrogen) atoms. The molecule has 106 valence electrons. The summed E-state index contributed by atoms with van der Waals surface area (Å²) >= 11 is 0. The molecule has 0 N–H and O–H groups in total. The molecule has 0 spiro atoms. The fourth-order valence-electron chi connectivity index (χ4n) is 1.25. The van der Waals surface area contributed by atoms with Crippen molar-refractivity contribution in [3.8, 4) is 0 Å². The van der Waals surface area contributed by atoms with E-state index in [2.05, 4.69) is 11.3 Å². The molecule has 0 saturated heterocycles. The fraction of sp³-hybridized carbons (Fsp3) is 0.462. The van der Waals surface area contributed by atoms with Crippen molar-refractivity contribution in [1.29, 1.82) is 0 Å². The lowest BCUT2D eigenvalue weighted by Crippen LogP contribution is -2.22. The van der Waals surface area contributed by atoms with E-state index in [0.717, 1.165) is 18.2 Å². The Morgan fingerprint density at radius 2 is 1.47 bits per heavy atom. The van der Waals surface area contributed by atoms with Crippen LogP contribution in [0.3, 0.4) is 0 Å². The van der Waals surface area contributed by atoms with Gasteiger partial charge in [-0.15, -0.1) is 0 Å². The van der Waals surface area contributed by atoms with Crippen LogP contribution < -0.4 is 0 Å². The van der Waals surface area contributed by atoms with Crippen LogP contribution in [0.25, 0.3) is 0 Å². The lowest BCUT2D eigenvalue weighted by Gasteiger charge is -2.17. The minimum absolute atomic E-state index is 0.345. The summed E-state index contributed by atoms with van der Waals surface area (Å²) in [4.78, 5) is 33.0. The van der Waals surface area contributed by atoms with E-state index in [4.69, 9.17) is 9.47 Å². The van der Waals surface area contributed by atoms with Crippen molar-refractivity contribution in [2.75, 3.05) is 7.11 Å². The third kappa shape index (κ3) is 8.59. The average molecular weight is 270 g/mol. The van der Waals surface area contributed by atoms with Crippen LogP contribution in [0.15, 0.2) is 24.8 Å². The largest absolute Gasteiger partial charge is 0.466 e. The minimum Gasteiger partial charge on any atom is -0.466 e. The molecule has 6 heteroatoms. The third-order valence-corrected chi connectivity index (χ3v) is 2.02. The molecular formula is C13H18O6. The predicted octanol–water partition coefficient (Wildman–Crippen LogP) is 1.16. The molecule has 2 atom stereocenters. The summed E-state index contributed by atoms with van der Waals surface area (Å²) < 4.78 is 14.2. The van der Waals surface area contributed by atoms with Crippen LogP contribution in [0.1, 0.15) is 20.3 Å². The normalized spacial score (nSPS) is 13.4. The second-order valence-corrected chi connectivity index (χ2v) is 3.79. The Hall–Kier alpha value is -2.11. The zero-order chi connectivity index (χ0) is 14.8. The van der Waals surface area contributed by atoms with Crippen molar-refractivity contribution >= 4 is 17.9 Å². The van der Waals surface area contributed by atoms with Crippen LogP contribution in [0.2, 0.25) is 0 Å². The number of carbonyl (C=O) groups is 3. The molecular weight excluding hydrogens is 252 g/mol. The Labute approximate surface area is 112 Å². The maximum atomic E-state index is 11.3. The van der Waals surface area contributed by atoms with Gasteiger partial charge in [-0.2, -0.15) is 0 Å². The molecule has 0 aromatic rings. The molecule has 0 saturated carbocycles. The Bertz CT molecular complexity index is 371. The Kier molecular flexibility index (Phi) is 7.92. The molecule has 0 rings (SSSR count). The summed E-state index contributed by atoms with van der Waals surface area (Å²) in [5.41, 5.74) is 0. The lowest BCUT2D eigenvalue weighted by atomic mass is 10.2. The maximum Gasteiger partial charge on any atom is 0.331 e. The van der Waals surface area contributed by atoms with Gasteiger partial charge in [0.1, 0.15) is 12.2 Å². The predicted molar refractivity (Wildman–Crippen MR) is 67.1 cm³/mol. The third-order valence-electron chi connectivity index (χ3n) is 2.02. The summed E-state index contributed by atoms with van der Waals surface area (Å²) in [6.45, 7) is 6.61. The second kappa shape index (κ2) is 8.91. The summed E-state index contributed by atoms with van der Waals surface area (Å²) in [7, 11) is 1.20. The number of methoxy groups -OCH3 is 1. The van der Waals surface area contributed by atoms with E-state index >= 15 is 0 Å². The Balaban J connectivity index is 4.09. The number of hydrogen-bond acceptors (Lipinski definition) is 6. The molecule has 0 amide bonds. The highest BCUT2D eigenvalue weighted by Gasteiger charge is 2.14. The van der Waals surface area contributed by atoms with Crippen molar-refractivity contribution in [1.82, 2.24) is 0 Å². The van der Waals surface area contributed by atoms with Crippen LogP contribution in [-0.2, 0) is 28.6 Å². The minimum atomic E-state index is -0.667. The first-order valence-electron chi connectivity index (χ1n) is 5.68. The second-order valence-electron chi connectivity index (χ2n) is 3.79. The molecule has 0 aromatic heterocycles. The number of hydrogen-bond donors (Lipinski definition) is 0. The number of esters is 3. The fourth-order valence-corrected chi connectivity index (χ4v) is 1.25. The van der Waals surface area contributed by atoms with E-state index in [1.807, 2.05) is 0 Å². The Morgan fingerprint density at radius 3 is 1.95 bits per heavy atom. The lowest BCUT2D eigenvalue weighted by molar-refractivity contribution is -0.148. The van der Waals surface area contributed by atoms with Crippen LogP contribution in [0.4, 0.5) is 0 Å². The molecule has 0 aliphatic heterocycles. The number of carbonyl (C=O) groups excluding carboxylic acids is 3. The first kappa shape index (κ1) is 16.9. The van der Waals surface area contributed by atoms with Gasteiger partial charge in [-0.05, 0) is 13.8 Å². The summed E-state index contributed by atoms with van der Waals surface area (Å²) in [6.07, 6.45) is 2.49. The molecule has 0 fully saturated rings. The summed E-state index contributed by atoms with van der Waals surface area (Å²) in [6, 6.07) is 0. The van der Waals surface area contributed by atoms with Gasteiger partial charge < -0.3 is 14.2 Å². The van der Waals surface area contributed by atoms with E-state index in [-0.39, 0.29) is 0 Å². The van der Waals surface area contributed by atoms with Gasteiger partial charge in [-0.25, -0.2) is 14.4 Å². The van der Waals surface area contributed by atoms with Crippen molar-refractivity contribution in [2.45, 2.75) is 32.5 Å². The van der Waals surface area contributed by atoms with Gasteiger partial charge in [-0.1, -0.05) is 6.58 Å². The van der Waals surface area contributed by atoms with E-state index in [1.54, 1.807) is 13.8 Å². The van der Waals surface area contributed by atoms with E-state index in [0.29, 0.717) is 6.42 Å². The molecule has 0 unspecified atom stereocenters. The van der Waals surface area contributed by atoms with Gasteiger partial charge in [0, 0.05) is 24.6 Å². The highest BCUT2D eigenvalue weighted by molar-refractivity contribution is 5.91. The highest BCUT2D eigenvalue weighted by atomic mass is 16.6. The van der Waals surface area contributed by atoms with Crippen LogP contribution in [0.5, 0.6) is 0 Å². The topological polar surface area (TPSA) is 78.9 Å². The SMILES string of the molecule is C=CC(=O)O[C@H](C)C[C@@H](C)OC(=O)/C=C/C(=O)OC. The smallest absolute Gasteiger partial charge is 0.331 e. The van der Waals surface area contributed by atoms with Crippen molar-refractivity contribution in [3.63, 3.8) is 0 Å². The van der Waals surface area contributed by atoms with Gasteiger partial charge in [-0.3, -0.25) is 0 Å². The van der Waals surface area contributed by atoms with Gasteiger partial charge in [0.2, 0.25) is 0 Å². The van der Waals surface area contributed by atoms with Gasteiger partial charge in [0.25, 0.3) is 0 Å². The summed E-state index contributed by atoms with van der Waals surface area (Å²) in [5, 5.41) is 0. The van der Waals surface area contributed by atoms with E-state index in [1.165, 1.54) is 7.11 Å². The summed E-state index contributed by atoms with van der Waals surface area (Å²) in [5.74, 6) is -1.84. The van der Waals surface area contributed by atoms with Gasteiger partial charge in [0.05, 0.1) is 7.11 Å². The molecule has 0 bridgehead atoms. The van der Waals surface area contributed by atoms with Crippen LogP contribution in [-0.4, -0.2) is 37.2 Å². The first-order chi connectivity index (χ1) is 8.88. The van der Waals surface area contributed by atoms with Gasteiger partial charge >= 0.3 is 17.9 Å². The molecule has 0 heterocycles. The highest BCUT2D eigenvalue weighted by Crippen LogP contribution is 2.07. The first-order valence-corrected chi connectivity index (χ1v) is 5.68. The zero-order valence-electron chi connectivity index (χ0n) is 11.3. The molecule has 0 radical (unpaired) electrons. The van der Waals surface area contributed by atoms with Crippen molar-refractivity contribution < 1.29 is 28.6 Å². The number of rotatable bonds is 7. The maximum absolute atomic E-state index is 11.3. The van der Waals surface area contributed by atoms with Crippen LogP contribution in [0, 0.1) is 0 Å². The molecule has 6 nitrogen and oxygen atoms in total. The van der Waals surface area contributed by atoms with E-state index < -0.39 is 30.1 Å². The molecule has 0 aliphatic rings. The Morgan fingerprint density at radius 1 is 1.00 bits per heavy atom. The van der Waals surface area contributed by atoms with Crippen LogP contribution >= 0.6 is 0 Å². The zero-order valence-corrected chi connectivity index (χ0v) is 11.3. The standard InChI is InChI=1S/C13H18O6/c1-5-11(14)18-9(2)8-10(3)19-13(16)7-6-12(15)17-4/h5-7,9-10H,1,8H2,2-4H3/b7-6+/t9-,10-/m1/s1. The molecule has 0 aliphatic carbocycles.